The van der Waals surface area contributed by atoms with Crippen molar-refractivity contribution in [1.29, 1.82) is 0 Å². The third-order valence-electron chi connectivity index (χ3n) is 14.2. The molecule has 0 saturated carbocycles. The first-order valence-electron chi connectivity index (χ1n) is 30.3. The number of carboxylic acid groups (broad SMARTS) is 1. The van der Waals surface area contributed by atoms with Crippen molar-refractivity contribution in [3.05, 3.63) is 81.2 Å². The zero-order valence-corrected chi connectivity index (χ0v) is 62.4. The molecule has 2 aliphatic heterocycles. The van der Waals surface area contributed by atoms with Crippen LogP contribution in [0.3, 0.4) is 0 Å². The van der Waals surface area contributed by atoms with Crippen LogP contribution in [-0.2, 0) is 106 Å². The van der Waals surface area contributed by atoms with Gasteiger partial charge in [0.25, 0.3) is 20.2 Å². The second-order valence-corrected chi connectivity index (χ2v) is 35.4. The second-order valence-electron chi connectivity index (χ2n) is 22.2. The summed E-state index contributed by atoms with van der Waals surface area (Å²) >= 11 is 5.32. The number of benzene rings is 3. The van der Waals surface area contributed by atoms with Gasteiger partial charge in [-0.15, -0.1) is 0 Å². The van der Waals surface area contributed by atoms with Crippen LogP contribution in [0.15, 0.2) is 72.7 Å². The number of ether oxygens (including phenoxy) is 7. The third kappa shape index (κ3) is 26.4. The first-order chi connectivity index (χ1) is 47.8. The van der Waals surface area contributed by atoms with Crippen LogP contribution in [0.2, 0.25) is 0 Å². The molecule has 0 radical (unpaired) electrons. The SMILES string of the molecule is CCS(=S)CO[C@H]1C[C@H](n2cc(C#CCCC(=O)OCCCCOCSSC(C)(C)CCOC(=O)NCCOCCOCCCC(=O)c3ccc(C(=O)O)c(-c4c5ccc(=NC)c(S(=O)(=O)O)c-5oc5c(S(=O)(=O)O)c(N)ccc45)c3)c(N)nc2=O)O[C@@H]1COP(=O)(O)OP(=O)(O)OP(=O)(O)O. The van der Waals surface area contributed by atoms with Crippen LogP contribution in [0.5, 0.6) is 0 Å². The van der Waals surface area contributed by atoms with Crippen LogP contribution in [0.1, 0.15) is 105 Å². The lowest BCUT2D eigenvalue weighted by Gasteiger charge is -2.22. The lowest BCUT2D eigenvalue weighted by molar-refractivity contribution is -0.143. The Bertz CT molecular complexity index is 4430. The van der Waals surface area contributed by atoms with Gasteiger partial charge in [0, 0.05) is 79.1 Å². The maximum atomic E-state index is 13.6. The van der Waals surface area contributed by atoms with Gasteiger partial charge in [-0.1, -0.05) is 55.9 Å². The molecule has 102 heavy (non-hydrogen) atoms. The number of esters is 1. The second kappa shape index (κ2) is 38.6. The zero-order valence-electron chi connectivity index (χ0n) is 54.8. The number of unbranched alkanes of at least 4 members (excludes halogenated alkanes) is 1. The normalized spacial score (nSPS) is 16.8. The van der Waals surface area contributed by atoms with Crippen molar-refractivity contribution < 1.29 is 134 Å². The molecule has 2 aromatic carbocycles. The lowest BCUT2D eigenvalue weighted by atomic mass is 9.88. The highest BCUT2D eigenvalue weighted by Crippen LogP contribution is 2.66. The van der Waals surface area contributed by atoms with Crippen LogP contribution in [0, 0.1) is 11.8 Å². The number of carbonyl (C=O) groups excluding carboxylic acids is 3. The molecule has 1 amide bonds. The highest BCUT2D eigenvalue weighted by molar-refractivity contribution is 8.77. The lowest BCUT2D eigenvalue weighted by Crippen LogP contribution is -2.30. The largest absolute Gasteiger partial charge is 0.490 e. The van der Waals surface area contributed by atoms with Crippen LogP contribution in [0.25, 0.3) is 33.4 Å². The minimum Gasteiger partial charge on any atom is -0.478 e. The number of phosphoric ester groups is 1. The van der Waals surface area contributed by atoms with Gasteiger partial charge in [-0.2, -0.15) is 30.4 Å². The molecule has 1 aliphatic carbocycles. The van der Waals surface area contributed by atoms with E-state index in [9.17, 15) is 78.5 Å². The molecule has 6 atom stereocenters. The number of carbonyl (C=O) groups is 4. The van der Waals surface area contributed by atoms with Crippen molar-refractivity contribution in [2.45, 2.75) is 105 Å². The number of anilines is 2. The Kier molecular flexibility index (Phi) is 32.2. The average Bonchev–Trinajstić information content (AvgIpc) is 0.829. The Morgan fingerprint density at radius 2 is 1.57 bits per heavy atom. The van der Waals surface area contributed by atoms with Crippen molar-refractivity contribution in [3.63, 3.8) is 0 Å². The van der Waals surface area contributed by atoms with Crippen molar-refractivity contribution in [3.8, 4) is 34.3 Å². The number of alkyl carbamates (subject to hydrolysis) is 1. The molecular weight excluding hydrogens is 1530 g/mol. The van der Waals surface area contributed by atoms with E-state index in [1.54, 1.807) is 10.8 Å². The fourth-order valence-corrected chi connectivity index (χ4v) is 17.0. The number of ketones is 1. The number of nitrogens with two attached hydrogens (primary N) is 2. The van der Waals surface area contributed by atoms with Crippen molar-refractivity contribution in [2.75, 3.05) is 95.5 Å². The molecule has 3 aromatic rings. The Labute approximate surface area is 598 Å². The standard InChI is InChI=1S/C57H75N6O30P3S6/c1-5-100(97)34-88-44-30-46(90-45(44)32-89-95(73,74)93-96(75,76)92-94(70,71)72)63-31-36(53(59)62-55(63)68)11-6-7-13-47(65)86-24-9-8-22-85-33-98-99-57(2,3)20-25-87-56(69)61-21-26-84-28-27-83-23-10-12-43(64)35-14-15-37(54(66)67)40(29-35)48-38-16-18-41(58)51(101(77,78)79)49(38)91-50-39(48)17-19-42(60-4)52(50)102(80,81)82/h14-19,29,31,44-46H,5,7-10,12-13,20-28,30,32-34,58H2,1-4H3,(H,61,69)(H,66,67)(H,73,74)(H,75,76)(H2,59,62,68)(H2,70,71,72)(H,77,78,79)(H,80,81,82)/t44-,45+,46+,100?/m0/s1. The summed E-state index contributed by atoms with van der Waals surface area (Å²) in [5, 5.41) is 12.5. The number of aromatic carboxylic acids is 1. The highest BCUT2D eigenvalue weighted by Gasteiger charge is 2.44. The molecule has 12 N–H and O–H groups in total. The molecule has 564 valence electrons. The van der Waals surface area contributed by atoms with E-state index in [1.165, 1.54) is 54.4 Å². The molecule has 3 aliphatic rings. The van der Waals surface area contributed by atoms with E-state index in [4.69, 9.17) is 74.5 Å². The molecule has 1 saturated heterocycles. The molecule has 45 heteroatoms. The Morgan fingerprint density at radius 3 is 2.25 bits per heavy atom. The topological polar surface area (TPSA) is 546 Å². The van der Waals surface area contributed by atoms with Crippen molar-refractivity contribution in [1.82, 2.24) is 14.9 Å². The Hall–Kier alpha value is -5.65. The first kappa shape index (κ1) is 85.3. The first-order valence-corrected chi connectivity index (χ1v) is 42.5. The van der Waals surface area contributed by atoms with Gasteiger partial charge in [0.15, 0.2) is 26.9 Å². The molecule has 1 aromatic heterocycles. The number of rotatable bonds is 41. The van der Waals surface area contributed by atoms with E-state index in [0.29, 0.717) is 37.6 Å². The van der Waals surface area contributed by atoms with Crippen LogP contribution in [0.4, 0.5) is 16.3 Å². The summed E-state index contributed by atoms with van der Waals surface area (Å²) in [4.78, 5) is 107. The predicted octanol–water partition coefficient (Wildman–Crippen LogP) is 6.12. The number of Topliss-reactive ketones (excluding diaryl/α,β-unsaturated/α-hetero) is 1. The van der Waals surface area contributed by atoms with E-state index in [1.807, 2.05) is 20.8 Å². The van der Waals surface area contributed by atoms with Crippen LogP contribution < -0.4 is 27.8 Å². The maximum absolute atomic E-state index is 13.6. The monoisotopic (exact) mass is 1610 g/mol. The summed E-state index contributed by atoms with van der Waals surface area (Å²) in [6, 6.07) is 8.52. The summed E-state index contributed by atoms with van der Waals surface area (Å²) in [5.41, 5.74) is 9.11. The predicted molar refractivity (Wildman–Crippen MR) is 373 cm³/mol. The maximum Gasteiger partial charge on any atom is 0.490 e. The van der Waals surface area contributed by atoms with Crippen LogP contribution in [-0.4, -0.2) is 185 Å². The average molecular weight is 1610 g/mol. The molecule has 3 heterocycles. The third-order valence-corrected chi connectivity index (χ3v) is 24.9. The number of nitrogen functional groups attached to an aromatic ring is 2. The number of hydrogen-bond acceptors (Lipinski definition) is 30. The van der Waals surface area contributed by atoms with Gasteiger partial charge in [-0.3, -0.25) is 32.8 Å². The minimum atomic E-state index is -5.80. The van der Waals surface area contributed by atoms with E-state index in [0.717, 1.165) is 16.7 Å². The minimum absolute atomic E-state index is 0.0217. The van der Waals surface area contributed by atoms with Crippen LogP contribution >= 0.6 is 45.1 Å². The van der Waals surface area contributed by atoms with Crippen molar-refractivity contribution in [2.24, 2.45) is 4.99 Å². The van der Waals surface area contributed by atoms with Gasteiger partial charge in [0.2, 0.25) is 0 Å². The van der Waals surface area contributed by atoms with Gasteiger partial charge < -0.3 is 79.0 Å². The Morgan fingerprint density at radius 1 is 0.873 bits per heavy atom. The van der Waals surface area contributed by atoms with E-state index >= 15 is 0 Å². The number of phosphoric acid groups is 3. The summed E-state index contributed by atoms with van der Waals surface area (Å²) in [5.74, 6) is 3.18. The molecule has 6 rings (SSSR count). The van der Waals surface area contributed by atoms with Gasteiger partial charge in [0.05, 0.1) is 80.3 Å². The quantitative estimate of drug-likeness (QED) is 0.00201. The van der Waals surface area contributed by atoms with Gasteiger partial charge >= 0.3 is 47.2 Å². The Balaban J connectivity index is 0.820. The fraction of sp³-hybridized carbons (Fsp3) is 0.491. The number of nitrogens with zero attached hydrogens (tertiary/aromatic N) is 3. The number of hydrogen-bond donors (Lipinski definition) is 10. The number of nitrogens with one attached hydrogen (secondary N) is 1. The van der Waals surface area contributed by atoms with E-state index in [2.05, 4.69) is 35.8 Å². The van der Waals surface area contributed by atoms with E-state index in [-0.39, 0.29) is 133 Å². The van der Waals surface area contributed by atoms with Gasteiger partial charge in [0.1, 0.15) is 24.1 Å². The van der Waals surface area contributed by atoms with Crippen molar-refractivity contribution >= 4 is 132 Å². The molecule has 0 spiro atoms. The smallest absolute Gasteiger partial charge is 0.478 e. The van der Waals surface area contributed by atoms with Gasteiger partial charge in [-0.05, 0) is 98.4 Å². The zero-order chi connectivity index (χ0) is 75.4. The molecule has 1 fully saturated rings. The molecule has 3 unspecified atom stereocenters. The highest BCUT2D eigenvalue weighted by atomic mass is 33.1. The van der Waals surface area contributed by atoms with E-state index < -0.39 is 140 Å². The fourth-order valence-electron chi connectivity index (χ4n) is 9.44. The molecular formula is C57H75N6O30P3S6. The molecule has 36 nitrogen and oxygen atoms in total. The summed E-state index contributed by atoms with van der Waals surface area (Å²) in [7, 11) is -23.7. The summed E-state index contributed by atoms with van der Waals surface area (Å²) < 4.78 is 165. The molecule has 0 bridgehead atoms. The number of fused-ring (bicyclic) bond motifs is 2. The summed E-state index contributed by atoms with van der Waals surface area (Å²) in [6.45, 7) is 6.31. The number of carboxylic acids is 1. The van der Waals surface area contributed by atoms with Gasteiger partial charge in [-0.25, -0.2) is 28.1 Å². The summed E-state index contributed by atoms with van der Waals surface area (Å²) in [6.07, 6.45) is -1.02. The number of aromatic nitrogens is 2. The number of amides is 1.